The fourth-order valence-corrected chi connectivity index (χ4v) is 3.02. The van der Waals surface area contributed by atoms with Gasteiger partial charge in [0.25, 0.3) is 5.91 Å². The van der Waals surface area contributed by atoms with Crippen molar-refractivity contribution in [2.45, 2.75) is 32.7 Å². The third kappa shape index (κ3) is 6.73. The van der Waals surface area contributed by atoms with Crippen LogP contribution < -0.4 is 11.1 Å². The topological polar surface area (TPSA) is 68.0 Å². The average Bonchev–Trinajstić information content (AvgIpc) is 2.82. The number of thiazole rings is 1. The van der Waals surface area contributed by atoms with Crippen LogP contribution in [0.5, 0.6) is 0 Å². The van der Waals surface area contributed by atoms with E-state index in [2.05, 4.69) is 10.3 Å². The van der Waals surface area contributed by atoms with E-state index in [4.69, 9.17) is 5.73 Å². The van der Waals surface area contributed by atoms with Crippen LogP contribution in [0, 0.1) is 12.7 Å². The molecular formula is C16H22Cl2FN3OS. The molecule has 0 bridgehead atoms. The predicted octanol–water partition coefficient (Wildman–Crippen LogP) is 3.49. The van der Waals surface area contributed by atoms with Crippen LogP contribution >= 0.6 is 36.2 Å². The third-order valence-corrected chi connectivity index (χ3v) is 4.36. The van der Waals surface area contributed by atoms with Gasteiger partial charge in [0, 0.05) is 19.0 Å². The minimum absolute atomic E-state index is 0. The number of aromatic nitrogens is 1. The first kappa shape index (κ1) is 22.8. The van der Waals surface area contributed by atoms with Crippen molar-refractivity contribution >= 4 is 42.1 Å². The normalized spacial score (nSPS) is 11.2. The number of amides is 1. The van der Waals surface area contributed by atoms with Crippen molar-refractivity contribution in [3.63, 3.8) is 0 Å². The van der Waals surface area contributed by atoms with Gasteiger partial charge in [-0.25, -0.2) is 9.37 Å². The minimum Gasteiger partial charge on any atom is -0.351 e. The predicted molar refractivity (Wildman–Crippen MR) is 101 cm³/mol. The second kappa shape index (κ2) is 10.6. The summed E-state index contributed by atoms with van der Waals surface area (Å²) in [6, 6.07) is 6.38. The highest BCUT2D eigenvalue weighted by atomic mass is 35.5. The lowest BCUT2D eigenvalue weighted by atomic mass is 10.1. The van der Waals surface area contributed by atoms with Crippen molar-refractivity contribution in [2.24, 2.45) is 5.73 Å². The second-order valence-electron chi connectivity index (χ2n) is 5.35. The smallest absolute Gasteiger partial charge is 0.263 e. The number of nitrogens with two attached hydrogens (primary N) is 1. The highest BCUT2D eigenvalue weighted by Gasteiger charge is 2.15. The van der Waals surface area contributed by atoms with Gasteiger partial charge in [-0.15, -0.1) is 36.2 Å². The number of carbonyl (C=O) groups is 1. The Balaban J connectivity index is 0.00000264. The Morgan fingerprint density at radius 2 is 1.96 bits per heavy atom. The van der Waals surface area contributed by atoms with E-state index in [0.29, 0.717) is 17.8 Å². The van der Waals surface area contributed by atoms with Crippen molar-refractivity contribution in [3.8, 4) is 0 Å². The molecular weight excluding hydrogens is 372 g/mol. The van der Waals surface area contributed by atoms with Crippen LogP contribution in [0.1, 0.15) is 39.3 Å². The Morgan fingerprint density at radius 3 is 2.54 bits per heavy atom. The maximum atomic E-state index is 12.9. The first-order valence-corrected chi connectivity index (χ1v) is 8.02. The van der Waals surface area contributed by atoms with Gasteiger partial charge in [-0.1, -0.05) is 12.1 Å². The molecule has 0 saturated heterocycles. The molecule has 134 valence electrons. The molecule has 1 aromatic heterocycles. The van der Waals surface area contributed by atoms with E-state index in [0.717, 1.165) is 22.7 Å². The Hall–Kier alpha value is -1.21. The Labute approximate surface area is 157 Å². The zero-order valence-electron chi connectivity index (χ0n) is 13.5. The molecule has 0 aliphatic carbocycles. The lowest BCUT2D eigenvalue weighted by Crippen LogP contribution is -2.28. The number of nitrogens with zero attached hydrogens (tertiary/aromatic N) is 1. The zero-order chi connectivity index (χ0) is 16.1. The van der Waals surface area contributed by atoms with Gasteiger partial charge < -0.3 is 11.1 Å². The third-order valence-electron chi connectivity index (χ3n) is 3.20. The number of halogens is 3. The summed E-state index contributed by atoms with van der Waals surface area (Å²) in [5.74, 6) is -0.366. The maximum absolute atomic E-state index is 12.9. The van der Waals surface area contributed by atoms with Crippen molar-refractivity contribution in [3.05, 3.63) is 51.2 Å². The van der Waals surface area contributed by atoms with E-state index in [1.165, 1.54) is 23.5 Å². The van der Waals surface area contributed by atoms with Crippen molar-refractivity contribution in [1.29, 1.82) is 0 Å². The molecule has 0 spiro atoms. The molecule has 0 fully saturated rings. The maximum Gasteiger partial charge on any atom is 0.263 e. The molecule has 1 amide bonds. The van der Waals surface area contributed by atoms with Gasteiger partial charge in [-0.05, 0) is 38.0 Å². The van der Waals surface area contributed by atoms with Crippen molar-refractivity contribution in [1.82, 2.24) is 10.3 Å². The highest BCUT2D eigenvalue weighted by Crippen LogP contribution is 2.21. The van der Waals surface area contributed by atoms with E-state index < -0.39 is 0 Å². The first-order valence-electron chi connectivity index (χ1n) is 7.20. The molecule has 0 aliphatic rings. The lowest BCUT2D eigenvalue weighted by Gasteiger charge is -2.06. The summed E-state index contributed by atoms with van der Waals surface area (Å²) in [5.41, 5.74) is 7.35. The van der Waals surface area contributed by atoms with Gasteiger partial charge in [0.15, 0.2) is 0 Å². The first-order chi connectivity index (χ1) is 10.5. The Bertz CT molecular complexity index is 647. The molecule has 1 unspecified atom stereocenters. The summed E-state index contributed by atoms with van der Waals surface area (Å²) in [6.07, 6.45) is 1.34. The fourth-order valence-electron chi connectivity index (χ4n) is 2.01. The van der Waals surface area contributed by atoms with Gasteiger partial charge in [0.05, 0.1) is 10.7 Å². The Kier molecular flexibility index (Phi) is 10.1. The van der Waals surface area contributed by atoms with Crippen LogP contribution in [-0.4, -0.2) is 23.5 Å². The summed E-state index contributed by atoms with van der Waals surface area (Å²) in [5, 5.41) is 3.71. The largest absolute Gasteiger partial charge is 0.351 e. The number of aryl methyl sites for hydroxylation is 1. The number of hydrogen-bond donors (Lipinski definition) is 2. The number of rotatable bonds is 6. The molecule has 2 aromatic rings. The highest BCUT2D eigenvalue weighted by molar-refractivity contribution is 7.13. The average molecular weight is 394 g/mol. The molecule has 1 heterocycles. The van der Waals surface area contributed by atoms with Gasteiger partial charge in [-0.2, -0.15) is 0 Å². The van der Waals surface area contributed by atoms with Crippen LogP contribution in [0.4, 0.5) is 4.39 Å². The molecule has 0 radical (unpaired) electrons. The van der Waals surface area contributed by atoms with E-state index in [9.17, 15) is 9.18 Å². The van der Waals surface area contributed by atoms with Gasteiger partial charge >= 0.3 is 0 Å². The molecule has 0 saturated carbocycles. The molecule has 8 heteroatoms. The SMILES string of the molecule is Cc1nc(Cc2ccc(F)cc2)sc1C(=O)NCCC(C)N.Cl.Cl. The number of benzene rings is 1. The van der Waals surface area contributed by atoms with Crippen LogP contribution in [0.25, 0.3) is 0 Å². The summed E-state index contributed by atoms with van der Waals surface area (Å²) in [6.45, 7) is 4.29. The number of carbonyl (C=O) groups excluding carboxylic acids is 1. The molecule has 3 N–H and O–H groups in total. The molecule has 24 heavy (non-hydrogen) atoms. The number of hydrogen-bond acceptors (Lipinski definition) is 4. The summed E-state index contributed by atoms with van der Waals surface area (Å²) in [4.78, 5) is 17.2. The van der Waals surface area contributed by atoms with E-state index in [1.807, 2.05) is 13.8 Å². The minimum atomic E-state index is -0.256. The van der Waals surface area contributed by atoms with E-state index in [1.54, 1.807) is 12.1 Å². The zero-order valence-corrected chi connectivity index (χ0v) is 16.0. The van der Waals surface area contributed by atoms with Gasteiger partial charge in [0.1, 0.15) is 10.7 Å². The second-order valence-corrected chi connectivity index (χ2v) is 6.43. The molecule has 0 aliphatic heterocycles. The monoisotopic (exact) mass is 393 g/mol. The molecule has 4 nitrogen and oxygen atoms in total. The molecule has 1 atom stereocenters. The molecule has 1 aromatic carbocycles. The lowest BCUT2D eigenvalue weighted by molar-refractivity contribution is 0.0956. The van der Waals surface area contributed by atoms with E-state index >= 15 is 0 Å². The van der Waals surface area contributed by atoms with Gasteiger partial charge in [-0.3, -0.25) is 4.79 Å². The quantitative estimate of drug-likeness (QED) is 0.788. The fraction of sp³-hybridized carbons (Fsp3) is 0.375. The van der Waals surface area contributed by atoms with Crippen LogP contribution in [-0.2, 0) is 6.42 Å². The summed E-state index contributed by atoms with van der Waals surface area (Å²) >= 11 is 1.38. The summed E-state index contributed by atoms with van der Waals surface area (Å²) < 4.78 is 12.9. The standard InChI is InChI=1S/C16H20FN3OS.2ClH/c1-10(18)7-8-19-16(21)15-11(2)20-14(22-15)9-12-3-5-13(17)6-4-12;;/h3-6,10H,7-9,18H2,1-2H3,(H,19,21);2*1H. The molecule has 2 rings (SSSR count). The van der Waals surface area contributed by atoms with Crippen LogP contribution in [0.3, 0.4) is 0 Å². The van der Waals surface area contributed by atoms with Crippen LogP contribution in [0.2, 0.25) is 0 Å². The van der Waals surface area contributed by atoms with Crippen molar-refractivity contribution in [2.75, 3.05) is 6.54 Å². The van der Waals surface area contributed by atoms with Crippen molar-refractivity contribution < 1.29 is 9.18 Å². The number of nitrogens with one attached hydrogen (secondary N) is 1. The Morgan fingerprint density at radius 1 is 1.33 bits per heavy atom. The van der Waals surface area contributed by atoms with Crippen LogP contribution in [0.15, 0.2) is 24.3 Å². The van der Waals surface area contributed by atoms with Gasteiger partial charge in [0.2, 0.25) is 0 Å². The van der Waals surface area contributed by atoms with E-state index in [-0.39, 0.29) is 42.6 Å². The summed E-state index contributed by atoms with van der Waals surface area (Å²) in [7, 11) is 0.